The van der Waals surface area contributed by atoms with Crippen molar-refractivity contribution in [3.8, 4) is 11.3 Å². The van der Waals surface area contributed by atoms with Gasteiger partial charge in [0.05, 0.1) is 12.0 Å². The number of anilines is 1. The van der Waals surface area contributed by atoms with Crippen molar-refractivity contribution in [3.05, 3.63) is 54.5 Å². The molecule has 22 heavy (non-hydrogen) atoms. The number of thiazole rings is 1. The van der Waals surface area contributed by atoms with Crippen molar-refractivity contribution in [3.63, 3.8) is 0 Å². The number of hydrogen-bond acceptors (Lipinski definition) is 5. The van der Waals surface area contributed by atoms with Crippen LogP contribution in [0.5, 0.6) is 0 Å². The molecule has 0 aliphatic rings. The van der Waals surface area contributed by atoms with E-state index in [4.69, 9.17) is 4.42 Å². The number of amides is 1. The number of furan rings is 1. The van der Waals surface area contributed by atoms with E-state index < -0.39 is 0 Å². The molecule has 1 amide bonds. The minimum absolute atomic E-state index is 0.248. The van der Waals surface area contributed by atoms with Crippen molar-refractivity contribution < 1.29 is 9.21 Å². The van der Waals surface area contributed by atoms with Gasteiger partial charge in [-0.15, -0.1) is 0 Å². The smallest absolute Gasteiger partial charge is 0.293 e. The highest BCUT2D eigenvalue weighted by Gasteiger charge is 2.16. The third kappa shape index (κ3) is 2.17. The Morgan fingerprint density at radius 3 is 2.82 bits per heavy atom. The van der Waals surface area contributed by atoms with Crippen LogP contribution < -0.4 is 5.32 Å². The number of nitrogens with zero attached hydrogens (tertiary/aromatic N) is 2. The molecular weight excluding hydrogens is 300 g/mol. The molecule has 7 heteroatoms. The van der Waals surface area contributed by atoms with Gasteiger partial charge in [-0.2, -0.15) is 10.1 Å². The van der Waals surface area contributed by atoms with Gasteiger partial charge < -0.3 is 4.42 Å². The number of nitrogens with one attached hydrogen (secondary N) is 2. The predicted molar refractivity (Wildman–Crippen MR) is 83.9 cm³/mol. The highest BCUT2D eigenvalue weighted by Crippen LogP contribution is 2.33. The summed E-state index contributed by atoms with van der Waals surface area (Å²) in [5.74, 6) is -0.0793. The Bertz CT molecular complexity index is 925. The van der Waals surface area contributed by atoms with E-state index in [-0.39, 0.29) is 11.7 Å². The number of hydrogen-bond donors (Lipinski definition) is 2. The van der Waals surface area contributed by atoms with E-state index in [2.05, 4.69) is 20.5 Å². The minimum Gasteiger partial charge on any atom is -0.459 e. The van der Waals surface area contributed by atoms with Gasteiger partial charge in [-0.05, 0) is 12.1 Å². The molecule has 0 atom stereocenters. The molecule has 0 spiro atoms. The van der Waals surface area contributed by atoms with Crippen molar-refractivity contribution in [2.24, 2.45) is 0 Å². The van der Waals surface area contributed by atoms with Crippen molar-refractivity contribution in [1.29, 1.82) is 0 Å². The number of aromatic amines is 1. The van der Waals surface area contributed by atoms with E-state index in [0.29, 0.717) is 10.8 Å². The highest BCUT2D eigenvalue weighted by atomic mass is 32.1. The van der Waals surface area contributed by atoms with E-state index in [1.807, 2.05) is 30.3 Å². The van der Waals surface area contributed by atoms with Crippen molar-refractivity contribution in [2.45, 2.75) is 0 Å². The molecule has 2 N–H and O–H groups in total. The van der Waals surface area contributed by atoms with Crippen LogP contribution in [0.1, 0.15) is 10.6 Å². The fraction of sp³-hybridized carbons (Fsp3) is 0. The maximum Gasteiger partial charge on any atom is 0.293 e. The largest absolute Gasteiger partial charge is 0.459 e. The van der Waals surface area contributed by atoms with Crippen LogP contribution in [0, 0.1) is 0 Å². The molecule has 0 aliphatic carbocycles. The number of fused-ring (bicyclic) bond motifs is 1. The summed E-state index contributed by atoms with van der Waals surface area (Å²) in [5.41, 5.74) is 2.50. The van der Waals surface area contributed by atoms with Gasteiger partial charge in [-0.1, -0.05) is 41.7 Å². The molecule has 0 unspecified atom stereocenters. The molecule has 0 fully saturated rings. The van der Waals surface area contributed by atoms with E-state index in [1.165, 1.54) is 17.6 Å². The zero-order valence-electron chi connectivity index (χ0n) is 11.2. The van der Waals surface area contributed by atoms with Gasteiger partial charge >= 0.3 is 0 Å². The lowest BCUT2D eigenvalue weighted by molar-refractivity contribution is 0.0996. The Morgan fingerprint density at radius 1 is 1.18 bits per heavy atom. The average Bonchev–Trinajstić information content (AvgIpc) is 3.24. The highest BCUT2D eigenvalue weighted by molar-refractivity contribution is 7.22. The molecule has 0 aliphatic heterocycles. The van der Waals surface area contributed by atoms with E-state index in [1.54, 1.807) is 12.1 Å². The van der Waals surface area contributed by atoms with Crippen LogP contribution >= 0.6 is 11.3 Å². The fourth-order valence-corrected chi connectivity index (χ4v) is 3.05. The first-order valence-corrected chi connectivity index (χ1v) is 7.38. The molecule has 1 aromatic carbocycles. The minimum atomic E-state index is -0.327. The topological polar surface area (TPSA) is 83.8 Å². The van der Waals surface area contributed by atoms with Crippen LogP contribution in [0.3, 0.4) is 0 Å². The summed E-state index contributed by atoms with van der Waals surface area (Å²) in [6.45, 7) is 0. The molecule has 108 valence electrons. The second-order valence-electron chi connectivity index (χ2n) is 4.57. The van der Waals surface area contributed by atoms with Gasteiger partial charge in [0, 0.05) is 5.56 Å². The Labute approximate surface area is 128 Å². The van der Waals surface area contributed by atoms with Gasteiger partial charge in [-0.3, -0.25) is 15.2 Å². The quantitative estimate of drug-likeness (QED) is 0.606. The Kier molecular flexibility index (Phi) is 2.97. The molecule has 4 aromatic rings. The standard InChI is InChI=1S/C15H10N4O2S/c20-14(10-7-4-8-21-10)17-15-16-13-12(22-15)11(18-19-13)9-5-2-1-3-6-9/h1-8H,(H2,16,17,18,19,20). The summed E-state index contributed by atoms with van der Waals surface area (Å²) < 4.78 is 5.96. The number of benzene rings is 1. The van der Waals surface area contributed by atoms with Gasteiger partial charge in [0.25, 0.3) is 5.91 Å². The fourth-order valence-electron chi connectivity index (χ4n) is 2.13. The monoisotopic (exact) mass is 310 g/mol. The average molecular weight is 310 g/mol. The van der Waals surface area contributed by atoms with E-state index in [9.17, 15) is 4.79 Å². The lowest BCUT2D eigenvalue weighted by Crippen LogP contribution is -2.10. The molecule has 0 saturated heterocycles. The number of rotatable bonds is 3. The lowest BCUT2D eigenvalue weighted by atomic mass is 10.2. The molecule has 3 heterocycles. The molecular formula is C15H10N4O2S. The summed E-state index contributed by atoms with van der Waals surface area (Å²) in [6, 6.07) is 13.1. The maximum atomic E-state index is 12.0. The first-order valence-electron chi connectivity index (χ1n) is 6.56. The van der Waals surface area contributed by atoms with Gasteiger partial charge in [0.1, 0.15) is 4.70 Å². The van der Waals surface area contributed by atoms with Gasteiger partial charge in [-0.25, -0.2) is 0 Å². The van der Waals surface area contributed by atoms with Crippen molar-refractivity contribution >= 4 is 32.7 Å². The van der Waals surface area contributed by atoms with Crippen LogP contribution in [0.15, 0.2) is 53.1 Å². The SMILES string of the molecule is O=C(Nc1nc2n[nH]c(-c3ccccc3)c2s1)c1ccco1. The van der Waals surface area contributed by atoms with Crippen molar-refractivity contribution in [2.75, 3.05) is 5.32 Å². The van der Waals surface area contributed by atoms with Crippen LogP contribution in [-0.2, 0) is 0 Å². The molecule has 0 saturated carbocycles. The molecule has 3 aromatic heterocycles. The molecule has 0 radical (unpaired) electrons. The number of carbonyl (C=O) groups is 1. The van der Waals surface area contributed by atoms with E-state index in [0.717, 1.165) is 16.0 Å². The molecule has 6 nitrogen and oxygen atoms in total. The van der Waals surface area contributed by atoms with Crippen LogP contribution in [0.2, 0.25) is 0 Å². The Hall–Kier alpha value is -2.93. The zero-order valence-corrected chi connectivity index (χ0v) is 12.1. The lowest BCUT2D eigenvalue weighted by Gasteiger charge is -1.97. The first-order chi connectivity index (χ1) is 10.8. The Morgan fingerprint density at radius 2 is 2.05 bits per heavy atom. The first kappa shape index (κ1) is 12.8. The summed E-state index contributed by atoms with van der Waals surface area (Å²) in [5, 5.41) is 10.4. The van der Waals surface area contributed by atoms with Crippen LogP contribution in [0.4, 0.5) is 5.13 Å². The van der Waals surface area contributed by atoms with Crippen LogP contribution in [-0.4, -0.2) is 21.1 Å². The van der Waals surface area contributed by atoms with Gasteiger partial charge in [0.15, 0.2) is 16.5 Å². The number of H-pyrrole nitrogens is 1. The molecule has 0 bridgehead atoms. The summed E-state index contributed by atoms with van der Waals surface area (Å²) in [7, 11) is 0. The van der Waals surface area contributed by atoms with E-state index >= 15 is 0 Å². The van der Waals surface area contributed by atoms with Crippen molar-refractivity contribution in [1.82, 2.24) is 15.2 Å². The van der Waals surface area contributed by atoms with Gasteiger partial charge in [0.2, 0.25) is 0 Å². The van der Waals surface area contributed by atoms with Crippen LogP contribution in [0.25, 0.3) is 21.6 Å². The Balaban J connectivity index is 1.67. The normalized spacial score (nSPS) is 10.9. The molecule has 4 rings (SSSR count). The number of aromatic nitrogens is 3. The third-order valence-electron chi connectivity index (χ3n) is 3.14. The summed E-state index contributed by atoms with van der Waals surface area (Å²) in [6.07, 6.45) is 1.46. The predicted octanol–water partition coefficient (Wildman–Crippen LogP) is 3.53. The third-order valence-corrected chi connectivity index (χ3v) is 4.12. The summed E-state index contributed by atoms with van der Waals surface area (Å²) in [4.78, 5) is 16.3. The maximum absolute atomic E-state index is 12.0. The zero-order chi connectivity index (χ0) is 14.9. The summed E-state index contributed by atoms with van der Waals surface area (Å²) >= 11 is 1.37. The second kappa shape index (κ2) is 5.12. The second-order valence-corrected chi connectivity index (χ2v) is 5.57. The number of carbonyl (C=O) groups excluding carboxylic acids is 1.